The maximum absolute atomic E-state index is 12.7. The minimum atomic E-state index is -0.272. The van der Waals surface area contributed by atoms with E-state index >= 15 is 0 Å². The van der Waals surface area contributed by atoms with E-state index in [1.807, 2.05) is 17.5 Å². The van der Waals surface area contributed by atoms with Crippen LogP contribution in [0.15, 0.2) is 53.9 Å². The van der Waals surface area contributed by atoms with Crippen molar-refractivity contribution in [3.05, 3.63) is 65.0 Å². The molecule has 1 aromatic heterocycles. The number of benzene rings is 2. The van der Waals surface area contributed by atoms with Crippen LogP contribution in [0.5, 0.6) is 0 Å². The third kappa shape index (κ3) is 6.29. The highest BCUT2D eigenvalue weighted by Crippen LogP contribution is 2.38. The average molecular weight is 477 g/mol. The Balaban J connectivity index is 1.33. The van der Waals surface area contributed by atoms with E-state index in [4.69, 9.17) is 0 Å². The number of carbonyl (C=O) groups is 3. The summed E-state index contributed by atoms with van der Waals surface area (Å²) in [5.74, 6) is 0.227. The smallest absolute Gasteiger partial charge is 0.257 e. The van der Waals surface area contributed by atoms with Crippen LogP contribution in [0.1, 0.15) is 42.6 Å². The Bertz CT molecular complexity index is 1190. The van der Waals surface area contributed by atoms with Crippen molar-refractivity contribution in [3.8, 4) is 11.3 Å². The second-order valence-electron chi connectivity index (χ2n) is 8.66. The molecule has 176 valence electrons. The molecule has 2 unspecified atom stereocenters. The molecule has 1 aliphatic rings. The molecular weight excluding hydrogens is 448 g/mol. The largest absolute Gasteiger partial charge is 0.356 e. The van der Waals surface area contributed by atoms with Gasteiger partial charge in [0, 0.05) is 41.6 Å². The number of carbonyl (C=O) groups excluding carboxylic acids is 3. The van der Waals surface area contributed by atoms with Crippen molar-refractivity contribution < 1.29 is 14.4 Å². The van der Waals surface area contributed by atoms with Crippen molar-refractivity contribution >= 4 is 39.9 Å². The lowest BCUT2D eigenvalue weighted by atomic mass is 10.1. The van der Waals surface area contributed by atoms with Gasteiger partial charge >= 0.3 is 0 Å². The molecule has 2 aromatic carbocycles. The SMILES string of the molecule is CC(=O)NCCCc1ccc(-c2csc(NC(=O)c3cccc(NC(=O)C4CC4C)c3)n2)cc1. The summed E-state index contributed by atoms with van der Waals surface area (Å²) >= 11 is 1.37. The number of thiazole rings is 1. The highest BCUT2D eigenvalue weighted by Gasteiger charge is 2.39. The molecule has 1 fully saturated rings. The summed E-state index contributed by atoms with van der Waals surface area (Å²) in [4.78, 5) is 40.4. The van der Waals surface area contributed by atoms with E-state index < -0.39 is 0 Å². The predicted molar refractivity (Wildman–Crippen MR) is 135 cm³/mol. The zero-order valence-electron chi connectivity index (χ0n) is 19.3. The molecule has 3 aromatic rings. The second-order valence-corrected chi connectivity index (χ2v) is 9.52. The number of amides is 3. The number of aromatic nitrogens is 1. The first-order valence-corrected chi connectivity index (χ1v) is 12.3. The van der Waals surface area contributed by atoms with Gasteiger partial charge in [0.1, 0.15) is 0 Å². The first-order valence-electron chi connectivity index (χ1n) is 11.4. The number of nitrogens with zero attached hydrogens (tertiary/aromatic N) is 1. The number of aryl methyl sites for hydroxylation is 1. The fourth-order valence-electron chi connectivity index (χ4n) is 3.69. The summed E-state index contributed by atoms with van der Waals surface area (Å²) in [6.07, 6.45) is 2.69. The van der Waals surface area contributed by atoms with Crippen LogP contribution in [-0.4, -0.2) is 29.3 Å². The fraction of sp³-hybridized carbons (Fsp3) is 0.308. The van der Waals surface area contributed by atoms with E-state index in [1.54, 1.807) is 24.3 Å². The maximum atomic E-state index is 12.7. The van der Waals surface area contributed by atoms with Crippen molar-refractivity contribution in [1.29, 1.82) is 0 Å². The Morgan fingerprint density at radius 1 is 1.09 bits per heavy atom. The van der Waals surface area contributed by atoms with Crippen LogP contribution in [0.25, 0.3) is 11.3 Å². The second kappa shape index (κ2) is 10.6. The summed E-state index contributed by atoms with van der Waals surface area (Å²) in [5, 5.41) is 11.0. The number of anilines is 2. The van der Waals surface area contributed by atoms with E-state index in [-0.39, 0.29) is 23.6 Å². The van der Waals surface area contributed by atoms with Crippen molar-refractivity contribution in [1.82, 2.24) is 10.3 Å². The van der Waals surface area contributed by atoms with E-state index in [1.165, 1.54) is 23.8 Å². The van der Waals surface area contributed by atoms with Gasteiger partial charge in [-0.3, -0.25) is 19.7 Å². The molecule has 0 radical (unpaired) electrons. The molecule has 34 heavy (non-hydrogen) atoms. The maximum Gasteiger partial charge on any atom is 0.257 e. The minimum Gasteiger partial charge on any atom is -0.356 e. The zero-order chi connectivity index (χ0) is 24.1. The molecular formula is C26H28N4O3S. The first kappa shape index (κ1) is 23.6. The van der Waals surface area contributed by atoms with E-state index in [0.717, 1.165) is 30.5 Å². The van der Waals surface area contributed by atoms with Gasteiger partial charge in [-0.25, -0.2) is 4.98 Å². The Hall–Kier alpha value is -3.52. The molecule has 4 rings (SSSR count). The first-order chi connectivity index (χ1) is 16.4. The lowest BCUT2D eigenvalue weighted by Gasteiger charge is -2.07. The molecule has 2 atom stereocenters. The van der Waals surface area contributed by atoms with Crippen molar-refractivity contribution in [3.63, 3.8) is 0 Å². The zero-order valence-corrected chi connectivity index (χ0v) is 20.1. The summed E-state index contributed by atoms with van der Waals surface area (Å²) in [5.41, 5.74) is 4.04. The van der Waals surface area contributed by atoms with Crippen LogP contribution in [0.2, 0.25) is 0 Å². The summed E-state index contributed by atoms with van der Waals surface area (Å²) in [6.45, 7) is 4.24. The monoisotopic (exact) mass is 476 g/mol. The quantitative estimate of drug-likeness (QED) is 0.389. The van der Waals surface area contributed by atoms with Crippen LogP contribution in [0.3, 0.4) is 0 Å². The van der Waals surface area contributed by atoms with Gasteiger partial charge in [-0.1, -0.05) is 37.3 Å². The van der Waals surface area contributed by atoms with Gasteiger partial charge in [0.2, 0.25) is 11.8 Å². The van der Waals surface area contributed by atoms with Crippen LogP contribution < -0.4 is 16.0 Å². The number of rotatable bonds is 9. The standard InChI is InChI=1S/C26H28N4O3S/c1-16-13-22(16)25(33)28-21-7-3-6-20(14-21)24(32)30-26-29-23(15-34-26)19-10-8-18(9-11-19)5-4-12-27-17(2)31/h3,6-11,14-16,22H,4-5,12-13H2,1-2H3,(H,27,31)(H,28,33)(H,29,30,32). The van der Waals surface area contributed by atoms with Gasteiger partial charge in [0.15, 0.2) is 5.13 Å². The third-order valence-electron chi connectivity index (χ3n) is 5.83. The highest BCUT2D eigenvalue weighted by atomic mass is 32.1. The Morgan fingerprint density at radius 2 is 1.85 bits per heavy atom. The highest BCUT2D eigenvalue weighted by molar-refractivity contribution is 7.14. The van der Waals surface area contributed by atoms with Gasteiger partial charge in [-0.2, -0.15) is 0 Å². The number of hydrogen-bond acceptors (Lipinski definition) is 5. The lowest BCUT2D eigenvalue weighted by Crippen LogP contribution is -2.21. The third-order valence-corrected chi connectivity index (χ3v) is 6.59. The Morgan fingerprint density at radius 3 is 2.56 bits per heavy atom. The Labute approximate surface area is 203 Å². The van der Waals surface area contributed by atoms with Gasteiger partial charge in [0.05, 0.1) is 5.69 Å². The van der Waals surface area contributed by atoms with Crippen molar-refractivity contribution in [2.45, 2.75) is 33.1 Å². The van der Waals surface area contributed by atoms with Crippen LogP contribution >= 0.6 is 11.3 Å². The molecule has 0 spiro atoms. The molecule has 1 aliphatic carbocycles. The fourth-order valence-corrected chi connectivity index (χ4v) is 4.41. The molecule has 3 amide bonds. The molecule has 0 bridgehead atoms. The predicted octanol–water partition coefficient (Wildman–Crippen LogP) is 4.73. The van der Waals surface area contributed by atoms with Crippen LogP contribution in [0.4, 0.5) is 10.8 Å². The normalized spacial score (nSPS) is 16.5. The van der Waals surface area contributed by atoms with Crippen LogP contribution in [0, 0.1) is 11.8 Å². The van der Waals surface area contributed by atoms with Gasteiger partial charge in [-0.05, 0) is 48.9 Å². The topological polar surface area (TPSA) is 100 Å². The average Bonchev–Trinajstić information content (AvgIpc) is 3.38. The number of nitrogens with one attached hydrogen (secondary N) is 3. The molecule has 7 nitrogen and oxygen atoms in total. The summed E-state index contributed by atoms with van der Waals surface area (Å²) < 4.78 is 0. The Kier molecular flexibility index (Phi) is 7.37. The molecule has 1 saturated carbocycles. The van der Waals surface area contributed by atoms with Gasteiger partial charge in [-0.15, -0.1) is 11.3 Å². The molecule has 1 heterocycles. The van der Waals surface area contributed by atoms with E-state index in [0.29, 0.717) is 28.8 Å². The van der Waals surface area contributed by atoms with Gasteiger partial charge < -0.3 is 10.6 Å². The summed E-state index contributed by atoms with van der Waals surface area (Å²) in [6, 6.07) is 15.1. The molecule has 3 N–H and O–H groups in total. The lowest BCUT2D eigenvalue weighted by molar-refractivity contribution is -0.119. The van der Waals surface area contributed by atoms with Crippen LogP contribution in [-0.2, 0) is 16.0 Å². The van der Waals surface area contributed by atoms with Crippen molar-refractivity contribution in [2.24, 2.45) is 11.8 Å². The van der Waals surface area contributed by atoms with E-state index in [9.17, 15) is 14.4 Å². The van der Waals surface area contributed by atoms with Crippen molar-refractivity contribution in [2.75, 3.05) is 17.2 Å². The minimum absolute atomic E-state index is 0.00775. The molecule has 8 heteroatoms. The molecule has 0 aliphatic heterocycles. The van der Waals surface area contributed by atoms with E-state index in [2.05, 4.69) is 40.0 Å². The molecule has 0 saturated heterocycles. The van der Waals surface area contributed by atoms with Gasteiger partial charge in [0.25, 0.3) is 5.91 Å². The summed E-state index contributed by atoms with van der Waals surface area (Å²) in [7, 11) is 0. The number of hydrogen-bond donors (Lipinski definition) is 3.